The molecule has 1 aromatic rings. The van der Waals surface area contributed by atoms with Crippen LogP contribution in [0.15, 0.2) is 14.7 Å². The van der Waals surface area contributed by atoms with E-state index in [1.54, 1.807) is 6.07 Å². The highest BCUT2D eigenvalue weighted by Gasteiger charge is 2.32. The summed E-state index contributed by atoms with van der Waals surface area (Å²) in [6.45, 7) is 2.77. The van der Waals surface area contributed by atoms with E-state index in [0.717, 1.165) is 15.1 Å². The molecule has 0 saturated carbocycles. The van der Waals surface area contributed by atoms with Gasteiger partial charge in [-0.05, 0) is 35.3 Å². The zero-order chi connectivity index (χ0) is 11.9. The Hall–Kier alpha value is 0.0500. The second kappa shape index (κ2) is 4.38. The van der Waals surface area contributed by atoms with Crippen molar-refractivity contribution < 1.29 is 8.42 Å². The molecule has 1 aromatic heterocycles. The van der Waals surface area contributed by atoms with Crippen molar-refractivity contribution in [3.63, 3.8) is 0 Å². The molecule has 1 fully saturated rings. The monoisotopic (exact) mass is 324 g/mol. The third-order valence-corrected chi connectivity index (χ3v) is 6.32. The Morgan fingerprint density at radius 1 is 1.62 bits per heavy atom. The largest absolute Gasteiger partial charge is 0.326 e. The van der Waals surface area contributed by atoms with Crippen LogP contribution in [0, 0.1) is 6.92 Å². The fourth-order valence-electron chi connectivity index (χ4n) is 1.80. The molecule has 0 aromatic carbocycles. The summed E-state index contributed by atoms with van der Waals surface area (Å²) >= 11 is 4.74. The maximum Gasteiger partial charge on any atom is 0.244 e. The molecule has 0 radical (unpaired) electrons. The van der Waals surface area contributed by atoms with Gasteiger partial charge in [-0.2, -0.15) is 4.31 Å². The number of nitrogens with zero attached hydrogens (tertiary/aromatic N) is 1. The third kappa shape index (κ3) is 2.19. The first-order valence-corrected chi connectivity index (χ1v) is 7.98. The van der Waals surface area contributed by atoms with Crippen molar-refractivity contribution in [2.75, 3.05) is 13.1 Å². The zero-order valence-corrected chi connectivity index (χ0v) is 12.0. The minimum absolute atomic E-state index is 0.0304. The van der Waals surface area contributed by atoms with Crippen LogP contribution in [0.4, 0.5) is 0 Å². The van der Waals surface area contributed by atoms with E-state index in [2.05, 4.69) is 15.9 Å². The van der Waals surface area contributed by atoms with Gasteiger partial charge in [0.25, 0.3) is 0 Å². The predicted octanol–water partition coefficient (Wildman–Crippen LogP) is 1.54. The predicted molar refractivity (Wildman–Crippen MR) is 68.1 cm³/mol. The number of nitrogens with two attached hydrogens (primary N) is 1. The highest BCUT2D eigenvalue weighted by atomic mass is 79.9. The van der Waals surface area contributed by atoms with Gasteiger partial charge in [-0.3, -0.25) is 0 Å². The van der Waals surface area contributed by atoms with Crippen LogP contribution in [-0.2, 0) is 10.0 Å². The van der Waals surface area contributed by atoms with Crippen LogP contribution >= 0.6 is 27.3 Å². The highest BCUT2D eigenvalue weighted by molar-refractivity contribution is 9.11. The number of thiophene rings is 1. The molecule has 4 nitrogen and oxygen atoms in total. The Labute approximate surface area is 108 Å². The molecule has 1 saturated heterocycles. The van der Waals surface area contributed by atoms with Gasteiger partial charge in [0.05, 0.1) is 8.68 Å². The molecule has 1 unspecified atom stereocenters. The summed E-state index contributed by atoms with van der Waals surface area (Å²) in [6.07, 6.45) is 0.740. The standard InChI is InChI=1S/C9H13BrN2O2S2/c1-6-8(4-9(10)15-6)16(13,14)12-3-2-7(11)5-12/h4,7H,2-3,5,11H2,1H3. The van der Waals surface area contributed by atoms with Crippen LogP contribution in [0.2, 0.25) is 0 Å². The van der Waals surface area contributed by atoms with Gasteiger partial charge in [0.15, 0.2) is 0 Å². The van der Waals surface area contributed by atoms with E-state index in [4.69, 9.17) is 5.73 Å². The highest BCUT2D eigenvalue weighted by Crippen LogP contribution is 2.32. The lowest BCUT2D eigenvalue weighted by molar-refractivity contribution is 0.472. The number of sulfonamides is 1. The maximum absolute atomic E-state index is 12.3. The minimum Gasteiger partial charge on any atom is -0.326 e. The third-order valence-electron chi connectivity index (χ3n) is 2.65. The van der Waals surface area contributed by atoms with Crippen molar-refractivity contribution in [1.82, 2.24) is 4.31 Å². The van der Waals surface area contributed by atoms with Crippen molar-refractivity contribution in [2.45, 2.75) is 24.3 Å². The van der Waals surface area contributed by atoms with Gasteiger partial charge in [0.1, 0.15) is 0 Å². The van der Waals surface area contributed by atoms with Gasteiger partial charge in [-0.15, -0.1) is 11.3 Å². The van der Waals surface area contributed by atoms with Crippen LogP contribution in [0.1, 0.15) is 11.3 Å². The Morgan fingerprint density at radius 3 is 2.75 bits per heavy atom. The lowest BCUT2D eigenvalue weighted by atomic mass is 10.3. The van der Waals surface area contributed by atoms with Crippen LogP contribution in [-0.4, -0.2) is 31.9 Å². The molecule has 2 rings (SSSR count). The van der Waals surface area contributed by atoms with Gasteiger partial charge < -0.3 is 5.73 Å². The van der Waals surface area contributed by atoms with Gasteiger partial charge in [-0.25, -0.2) is 8.42 Å². The van der Waals surface area contributed by atoms with Crippen LogP contribution in [0.25, 0.3) is 0 Å². The summed E-state index contributed by atoms with van der Waals surface area (Å²) in [5, 5.41) is 0. The number of rotatable bonds is 2. The van der Waals surface area contributed by atoms with E-state index in [-0.39, 0.29) is 6.04 Å². The second-order valence-corrected chi connectivity index (χ2v) is 8.42. The average molecular weight is 325 g/mol. The number of halogens is 1. The molecule has 1 aliphatic heterocycles. The molecule has 0 bridgehead atoms. The molecule has 0 spiro atoms. The fraction of sp³-hybridized carbons (Fsp3) is 0.556. The van der Waals surface area contributed by atoms with E-state index in [0.29, 0.717) is 18.0 Å². The number of hydrogen-bond acceptors (Lipinski definition) is 4. The van der Waals surface area contributed by atoms with Gasteiger partial charge in [0, 0.05) is 24.0 Å². The van der Waals surface area contributed by atoms with Gasteiger partial charge in [0.2, 0.25) is 10.0 Å². The van der Waals surface area contributed by atoms with Crippen LogP contribution < -0.4 is 5.73 Å². The first-order chi connectivity index (χ1) is 7.41. The quantitative estimate of drug-likeness (QED) is 0.897. The summed E-state index contributed by atoms with van der Waals surface area (Å²) in [5.74, 6) is 0. The van der Waals surface area contributed by atoms with Crippen LogP contribution in [0.5, 0.6) is 0 Å². The van der Waals surface area contributed by atoms with E-state index < -0.39 is 10.0 Å². The molecule has 90 valence electrons. The topological polar surface area (TPSA) is 63.4 Å². The van der Waals surface area contributed by atoms with Gasteiger partial charge >= 0.3 is 0 Å². The molecular weight excluding hydrogens is 312 g/mol. The normalized spacial score (nSPS) is 22.8. The summed E-state index contributed by atoms with van der Waals surface area (Å²) < 4.78 is 26.9. The SMILES string of the molecule is Cc1sc(Br)cc1S(=O)(=O)N1CCC(N)C1. The van der Waals surface area contributed by atoms with Crippen molar-refractivity contribution in [2.24, 2.45) is 5.73 Å². The van der Waals surface area contributed by atoms with E-state index in [1.807, 2.05) is 6.92 Å². The second-order valence-electron chi connectivity index (χ2n) is 3.88. The Kier molecular flexibility index (Phi) is 3.42. The summed E-state index contributed by atoms with van der Waals surface area (Å²) in [7, 11) is -3.35. The van der Waals surface area contributed by atoms with Crippen molar-refractivity contribution in [1.29, 1.82) is 0 Å². The number of aryl methyl sites for hydroxylation is 1. The summed E-state index contributed by atoms with van der Waals surface area (Å²) in [5.41, 5.74) is 5.73. The molecule has 7 heteroatoms. The van der Waals surface area contributed by atoms with E-state index >= 15 is 0 Å². The fourth-order valence-corrected chi connectivity index (χ4v) is 5.69. The average Bonchev–Trinajstić information content (AvgIpc) is 2.73. The molecule has 2 heterocycles. The molecule has 1 aliphatic rings. The molecule has 16 heavy (non-hydrogen) atoms. The molecule has 2 N–H and O–H groups in total. The Balaban J connectivity index is 2.36. The maximum atomic E-state index is 12.3. The smallest absolute Gasteiger partial charge is 0.244 e. The minimum atomic E-state index is -3.35. The molecule has 1 atom stereocenters. The number of hydrogen-bond donors (Lipinski definition) is 1. The molecule has 0 amide bonds. The lowest BCUT2D eigenvalue weighted by Gasteiger charge is -2.15. The summed E-state index contributed by atoms with van der Waals surface area (Å²) in [6, 6.07) is 1.64. The van der Waals surface area contributed by atoms with Gasteiger partial charge in [-0.1, -0.05) is 0 Å². The first-order valence-electron chi connectivity index (χ1n) is 4.93. The van der Waals surface area contributed by atoms with E-state index in [1.165, 1.54) is 15.6 Å². The Morgan fingerprint density at radius 2 is 2.31 bits per heavy atom. The zero-order valence-electron chi connectivity index (χ0n) is 8.81. The van der Waals surface area contributed by atoms with Crippen LogP contribution in [0.3, 0.4) is 0 Å². The Bertz CT molecular complexity index is 498. The van der Waals surface area contributed by atoms with Crippen molar-refractivity contribution in [3.05, 3.63) is 14.7 Å². The van der Waals surface area contributed by atoms with E-state index in [9.17, 15) is 8.42 Å². The van der Waals surface area contributed by atoms with Crippen molar-refractivity contribution in [3.8, 4) is 0 Å². The van der Waals surface area contributed by atoms with Crippen molar-refractivity contribution >= 4 is 37.3 Å². The summed E-state index contributed by atoms with van der Waals surface area (Å²) in [4.78, 5) is 1.21. The lowest BCUT2D eigenvalue weighted by Crippen LogP contribution is -2.32. The molecule has 0 aliphatic carbocycles. The molecular formula is C9H13BrN2O2S2. The first kappa shape index (κ1) is 12.5.